The Morgan fingerprint density at radius 2 is 2.27 bits per heavy atom. The third-order valence-corrected chi connectivity index (χ3v) is 4.60. The van der Waals surface area contributed by atoms with Crippen molar-refractivity contribution < 1.29 is 14.3 Å². The highest BCUT2D eigenvalue weighted by Gasteiger charge is 2.09. The lowest BCUT2D eigenvalue weighted by molar-refractivity contribution is -0.116. The molecule has 0 aliphatic rings. The summed E-state index contributed by atoms with van der Waals surface area (Å²) < 4.78 is 7.93. The van der Waals surface area contributed by atoms with Gasteiger partial charge in [-0.05, 0) is 18.2 Å². The topological polar surface area (TPSA) is 60.7 Å². The van der Waals surface area contributed by atoms with Crippen LogP contribution in [0.15, 0.2) is 23.2 Å². The largest absolute Gasteiger partial charge is 0.497 e. The molecule has 2 aromatic rings. The highest BCUT2D eigenvalue weighted by atomic mass is 32.2. The molecule has 22 heavy (non-hydrogen) atoms. The van der Waals surface area contributed by atoms with E-state index in [0.717, 1.165) is 27.7 Å². The second-order valence-corrected chi connectivity index (χ2v) is 6.46. The van der Waals surface area contributed by atoms with Gasteiger partial charge >= 0.3 is 0 Å². The van der Waals surface area contributed by atoms with E-state index in [1.165, 1.54) is 18.3 Å². The highest BCUT2D eigenvalue weighted by Crippen LogP contribution is 2.23. The number of amides is 1. The number of hydrogen-bond acceptors (Lipinski definition) is 5. The fraction of sp³-hybridized carbons (Fsp3) is 0.267. The molecule has 0 atom stereocenters. The molecule has 0 bridgehead atoms. The number of thiazole rings is 1. The molecule has 0 spiro atoms. The van der Waals surface area contributed by atoms with Crippen molar-refractivity contribution in [2.45, 2.75) is 13.5 Å². The third-order valence-electron chi connectivity index (χ3n) is 2.76. The van der Waals surface area contributed by atoms with Gasteiger partial charge in [0, 0.05) is 6.92 Å². The Hall–Kier alpha value is -2.04. The number of benzene rings is 1. The summed E-state index contributed by atoms with van der Waals surface area (Å²) >= 11 is 2.31. The van der Waals surface area contributed by atoms with E-state index in [0.29, 0.717) is 11.3 Å². The summed E-state index contributed by atoms with van der Waals surface area (Å²) in [6.07, 6.45) is 5.40. The molecule has 7 heteroatoms. The molecule has 5 nitrogen and oxygen atoms in total. The van der Waals surface area contributed by atoms with Gasteiger partial charge in [-0.2, -0.15) is 4.99 Å². The van der Waals surface area contributed by atoms with Gasteiger partial charge in [-0.1, -0.05) is 29.0 Å². The number of thioether (sulfide) groups is 1. The van der Waals surface area contributed by atoms with Crippen molar-refractivity contribution in [3.63, 3.8) is 0 Å². The van der Waals surface area contributed by atoms with Crippen molar-refractivity contribution >= 4 is 44.3 Å². The van der Waals surface area contributed by atoms with Crippen molar-refractivity contribution in [2.24, 2.45) is 4.99 Å². The fourth-order valence-electron chi connectivity index (χ4n) is 1.81. The molecule has 1 amide bonds. The molecule has 1 heterocycles. The molecule has 0 fully saturated rings. The van der Waals surface area contributed by atoms with Crippen LogP contribution in [-0.4, -0.2) is 28.5 Å². The van der Waals surface area contributed by atoms with Gasteiger partial charge in [0.15, 0.2) is 9.92 Å². The van der Waals surface area contributed by atoms with Crippen LogP contribution in [0.2, 0.25) is 0 Å². The van der Waals surface area contributed by atoms with Gasteiger partial charge in [0.1, 0.15) is 5.75 Å². The van der Waals surface area contributed by atoms with Crippen LogP contribution in [0.5, 0.6) is 5.75 Å². The van der Waals surface area contributed by atoms with Crippen molar-refractivity contribution in [2.75, 3.05) is 12.9 Å². The van der Waals surface area contributed by atoms with Gasteiger partial charge in [-0.25, -0.2) is 0 Å². The van der Waals surface area contributed by atoms with Gasteiger partial charge in [-0.3, -0.25) is 9.59 Å². The van der Waals surface area contributed by atoms with E-state index in [-0.39, 0.29) is 16.8 Å². The molecule has 0 radical (unpaired) electrons. The predicted molar refractivity (Wildman–Crippen MR) is 88.9 cm³/mol. The summed E-state index contributed by atoms with van der Waals surface area (Å²) in [5, 5.41) is -0.110. The molecule has 114 valence electrons. The highest BCUT2D eigenvalue weighted by molar-refractivity contribution is 8.14. The SMILES string of the molecule is C#CCn1c(=NC(=O)CSC(C)=O)sc2cc(OC)ccc21. The zero-order valence-corrected chi connectivity index (χ0v) is 13.8. The standard InChI is InChI=1S/C15H14N2O3S2/c1-4-7-17-12-6-5-11(20-3)8-13(12)22-15(17)16-14(19)9-21-10(2)18/h1,5-6,8H,7,9H2,2-3H3. The van der Waals surface area contributed by atoms with Crippen molar-refractivity contribution in [3.05, 3.63) is 23.0 Å². The first kappa shape index (κ1) is 16.3. The molecule has 1 aromatic carbocycles. The average Bonchev–Trinajstić information content (AvgIpc) is 2.82. The normalized spacial score (nSPS) is 11.4. The van der Waals surface area contributed by atoms with Crippen LogP contribution < -0.4 is 9.54 Å². The number of nitrogens with zero attached hydrogens (tertiary/aromatic N) is 2. The Bertz CT molecular complexity index is 827. The second-order valence-electron chi connectivity index (χ2n) is 4.29. The first-order valence-corrected chi connectivity index (χ1v) is 8.17. The number of carbonyl (C=O) groups is 2. The lowest BCUT2D eigenvalue weighted by Gasteiger charge is -2.01. The van der Waals surface area contributed by atoms with Gasteiger partial charge in [0.2, 0.25) is 0 Å². The summed E-state index contributed by atoms with van der Waals surface area (Å²) in [5.74, 6) is 2.96. The summed E-state index contributed by atoms with van der Waals surface area (Å²) in [6.45, 7) is 1.74. The van der Waals surface area contributed by atoms with Crippen molar-refractivity contribution in [1.82, 2.24) is 4.57 Å². The molecular formula is C15H14N2O3S2. The quantitative estimate of drug-likeness (QED) is 0.803. The number of fused-ring (bicyclic) bond motifs is 1. The minimum absolute atomic E-state index is 0.0307. The zero-order valence-electron chi connectivity index (χ0n) is 12.2. The average molecular weight is 334 g/mol. The lowest BCUT2D eigenvalue weighted by atomic mass is 10.3. The number of aromatic nitrogens is 1. The fourth-order valence-corrected chi connectivity index (χ4v) is 3.28. The molecule has 0 aliphatic heterocycles. The molecule has 2 rings (SSSR count). The Kier molecular flexibility index (Phi) is 5.41. The number of rotatable bonds is 4. The number of terminal acetylenes is 1. The van der Waals surface area contributed by atoms with Crippen LogP contribution in [-0.2, 0) is 16.1 Å². The van der Waals surface area contributed by atoms with Crippen LogP contribution in [0.1, 0.15) is 6.92 Å². The lowest BCUT2D eigenvalue weighted by Crippen LogP contribution is -2.17. The van der Waals surface area contributed by atoms with Crippen LogP contribution in [0.4, 0.5) is 0 Å². The van der Waals surface area contributed by atoms with E-state index < -0.39 is 0 Å². The molecule has 0 saturated carbocycles. The number of hydrogen-bond donors (Lipinski definition) is 0. The number of methoxy groups -OCH3 is 1. The number of ether oxygens (including phenoxy) is 1. The van der Waals surface area contributed by atoms with E-state index in [2.05, 4.69) is 10.9 Å². The Labute approximate surface area is 136 Å². The van der Waals surface area contributed by atoms with Gasteiger partial charge in [0.25, 0.3) is 5.91 Å². The minimum Gasteiger partial charge on any atom is -0.497 e. The van der Waals surface area contributed by atoms with E-state index in [9.17, 15) is 9.59 Å². The van der Waals surface area contributed by atoms with Gasteiger partial charge in [-0.15, -0.1) is 6.42 Å². The maximum Gasteiger partial charge on any atom is 0.258 e. The van der Waals surface area contributed by atoms with Gasteiger partial charge < -0.3 is 9.30 Å². The van der Waals surface area contributed by atoms with Crippen LogP contribution in [0.25, 0.3) is 10.2 Å². The van der Waals surface area contributed by atoms with E-state index >= 15 is 0 Å². The molecule has 0 N–H and O–H groups in total. The van der Waals surface area contributed by atoms with Crippen molar-refractivity contribution in [1.29, 1.82) is 0 Å². The minimum atomic E-state index is -0.357. The maximum atomic E-state index is 11.9. The van der Waals surface area contributed by atoms with Crippen LogP contribution >= 0.6 is 23.1 Å². The van der Waals surface area contributed by atoms with E-state index in [1.807, 2.05) is 18.2 Å². The molecule has 0 aliphatic carbocycles. The Morgan fingerprint density at radius 3 is 2.91 bits per heavy atom. The summed E-state index contributed by atoms with van der Waals surface area (Å²) in [6, 6.07) is 5.59. The second kappa shape index (κ2) is 7.29. The van der Waals surface area contributed by atoms with E-state index in [1.54, 1.807) is 11.7 Å². The third kappa shape index (κ3) is 3.78. The molecule has 1 aromatic heterocycles. The van der Waals surface area contributed by atoms with Crippen LogP contribution in [0, 0.1) is 12.3 Å². The monoisotopic (exact) mass is 334 g/mol. The van der Waals surface area contributed by atoms with Gasteiger partial charge in [0.05, 0.1) is 29.6 Å². The summed E-state index contributed by atoms with van der Waals surface area (Å²) in [7, 11) is 1.60. The first-order chi connectivity index (χ1) is 10.5. The predicted octanol–water partition coefficient (Wildman–Crippen LogP) is 2.05. The summed E-state index contributed by atoms with van der Waals surface area (Å²) in [5.41, 5.74) is 0.898. The van der Waals surface area contributed by atoms with Crippen molar-refractivity contribution in [3.8, 4) is 18.1 Å². The molecular weight excluding hydrogens is 320 g/mol. The summed E-state index contributed by atoms with van der Waals surface area (Å²) in [4.78, 5) is 27.4. The smallest absolute Gasteiger partial charge is 0.258 e. The van der Waals surface area contributed by atoms with Crippen LogP contribution in [0.3, 0.4) is 0 Å². The zero-order chi connectivity index (χ0) is 16.1. The van der Waals surface area contributed by atoms with E-state index in [4.69, 9.17) is 11.2 Å². The Balaban J connectivity index is 2.47. The number of carbonyl (C=O) groups excluding carboxylic acids is 2. The molecule has 0 unspecified atom stereocenters. The molecule has 0 saturated heterocycles. The maximum absolute atomic E-state index is 11.9. The first-order valence-electron chi connectivity index (χ1n) is 6.37. The Morgan fingerprint density at radius 1 is 1.50 bits per heavy atom.